The van der Waals surface area contributed by atoms with Crippen molar-refractivity contribution in [2.24, 2.45) is 5.92 Å². The minimum atomic E-state index is -0.357. The highest BCUT2D eigenvalue weighted by Crippen LogP contribution is 2.32. The molecule has 1 saturated carbocycles. The van der Waals surface area contributed by atoms with Crippen molar-refractivity contribution in [3.05, 3.63) is 66.2 Å². The van der Waals surface area contributed by atoms with Crippen LogP contribution in [0, 0.1) is 5.92 Å². The highest BCUT2D eigenvalue weighted by Gasteiger charge is 2.36. The van der Waals surface area contributed by atoms with Crippen molar-refractivity contribution in [1.29, 1.82) is 0 Å². The van der Waals surface area contributed by atoms with E-state index in [0.29, 0.717) is 32.1 Å². The normalized spacial score (nSPS) is 18.7. The standard InChI is InChI=1S/C22H25N3O2/c26-21(23-19-9-5-2-6-10-19)20(17-7-3-1-4-8-17)24-13-15-25(16-14-24)22(27)18-11-12-18/h1-10,18,20H,11-16H2,(H,23,26). The summed E-state index contributed by atoms with van der Waals surface area (Å²) in [5.41, 5.74) is 1.78. The average molecular weight is 363 g/mol. The zero-order valence-corrected chi connectivity index (χ0v) is 15.4. The van der Waals surface area contributed by atoms with E-state index in [1.54, 1.807) is 0 Å². The number of hydrogen-bond acceptors (Lipinski definition) is 3. The fraction of sp³-hybridized carbons (Fsp3) is 0.364. The van der Waals surface area contributed by atoms with Gasteiger partial charge in [0.25, 0.3) is 0 Å². The van der Waals surface area contributed by atoms with Crippen LogP contribution < -0.4 is 5.32 Å². The second-order valence-electron chi connectivity index (χ2n) is 7.30. The molecule has 2 amide bonds. The van der Waals surface area contributed by atoms with Crippen LogP contribution in [0.1, 0.15) is 24.4 Å². The van der Waals surface area contributed by atoms with Gasteiger partial charge < -0.3 is 10.2 Å². The lowest BCUT2D eigenvalue weighted by molar-refractivity contribution is -0.135. The summed E-state index contributed by atoms with van der Waals surface area (Å²) in [6, 6.07) is 19.1. The van der Waals surface area contributed by atoms with Gasteiger partial charge in [-0.3, -0.25) is 14.5 Å². The van der Waals surface area contributed by atoms with E-state index in [4.69, 9.17) is 0 Å². The maximum atomic E-state index is 13.1. The summed E-state index contributed by atoms with van der Waals surface area (Å²) < 4.78 is 0. The zero-order valence-electron chi connectivity index (χ0n) is 15.4. The van der Waals surface area contributed by atoms with Crippen LogP contribution >= 0.6 is 0 Å². The smallest absolute Gasteiger partial charge is 0.246 e. The Balaban J connectivity index is 1.48. The van der Waals surface area contributed by atoms with Crippen molar-refractivity contribution in [2.75, 3.05) is 31.5 Å². The van der Waals surface area contributed by atoms with Crippen molar-refractivity contribution in [3.63, 3.8) is 0 Å². The molecule has 2 aromatic carbocycles. The van der Waals surface area contributed by atoms with E-state index >= 15 is 0 Å². The van der Waals surface area contributed by atoms with Crippen molar-refractivity contribution >= 4 is 17.5 Å². The predicted molar refractivity (Wildman–Crippen MR) is 105 cm³/mol. The second-order valence-corrected chi connectivity index (χ2v) is 7.30. The van der Waals surface area contributed by atoms with Crippen LogP contribution in [0.2, 0.25) is 0 Å². The molecule has 4 rings (SSSR count). The third-order valence-corrected chi connectivity index (χ3v) is 5.32. The molecule has 0 spiro atoms. The van der Waals surface area contributed by atoms with E-state index in [1.807, 2.05) is 65.6 Å². The average Bonchev–Trinajstić information content (AvgIpc) is 3.55. The molecular formula is C22H25N3O2. The highest BCUT2D eigenvalue weighted by molar-refractivity contribution is 5.95. The van der Waals surface area contributed by atoms with Crippen molar-refractivity contribution < 1.29 is 9.59 Å². The van der Waals surface area contributed by atoms with E-state index in [-0.39, 0.29) is 17.9 Å². The molecule has 1 atom stereocenters. The number of anilines is 1. The van der Waals surface area contributed by atoms with Crippen LogP contribution in [0.15, 0.2) is 60.7 Å². The number of nitrogens with zero attached hydrogens (tertiary/aromatic N) is 2. The van der Waals surface area contributed by atoms with E-state index in [9.17, 15) is 9.59 Å². The van der Waals surface area contributed by atoms with E-state index in [1.165, 1.54) is 0 Å². The lowest BCUT2D eigenvalue weighted by Gasteiger charge is -2.39. The molecule has 0 radical (unpaired) electrons. The van der Waals surface area contributed by atoms with Crippen LogP contribution in [-0.2, 0) is 9.59 Å². The van der Waals surface area contributed by atoms with Crippen LogP contribution in [0.4, 0.5) is 5.69 Å². The van der Waals surface area contributed by atoms with E-state index < -0.39 is 0 Å². The molecule has 5 heteroatoms. The monoisotopic (exact) mass is 363 g/mol. The van der Waals surface area contributed by atoms with Gasteiger partial charge in [-0.1, -0.05) is 48.5 Å². The Morgan fingerprint density at radius 2 is 1.44 bits per heavy atom. The van der Waals surface area contributed by atoms with E-state index in [2.05, 4.69) is 10.2 Å². The number of carbonyl (C=O) groups excluding carboxylic acids is 2. The van der Waals surface area contributed by atoms with Crippen molar-refractivity contribution in [1.82, 2.24) is 9.80 Å². The maximum Gasteiger partial charge on any atom is 0.246 e. The lowest BCUT2D eigenvalue weighted by Crippen LogP contribution is -2.52. The Morgan fingerprint density at radius 1 is 0.852 bits per heavy atom. The Kier molecular flexibility index (Phi) is 5.21. The van der Waals surface area contributed by atoms with Gasteiger partial charge in [-0.25, -0.2) is 0 Å². The van der Waals surface area contributed by atoms with Crippen LogP contribution in [0.3, 0.4) is 0 Å². The third kappa shape index (κ3) is 4.19. The van der Waals surface area contributed by atoms with Gasteiger partial charge in [-0.2, -0.15) is 0 Å². The Hall–Kier alpha value is -2.66. The van der Waals surface area contributed by atoms with Gasteiger partial charge in [-0.05, 0) is 30.5 Å². The predicted octanol–water partition coefficient (Wildman–Crippen LogP) is 2.92. The number of rotatable bonds is 5. The van der Waals surface area contributed by atoms with Crippen molar-refractivity contribution in [3.8, 4) is 0 Å². The fourth-order valence-electron chi connectivity index (χ4n) is 3.68. The minimum absolute atomic E-state index is 0.0330. The lowest BCUT2D eigenvalue weighted by atomic mass is 10.0. The van der Waals surface area contributed by atoms with Gasteiger partial charge in [0, 0.05) is 37.8 Å². The summed E-state index contributed by atoms with van der Waals surface area (Å²) in [5.74, 6) is 0.511. The first-order chi connectivity index (χ1) is 13.2. The van der Waals surface area contributed by atoms with Gasteiger partial charge in [0.1, 0.15) is 6.04 Å². The van der Waals surface area contributed by atoms with Crippen LogP contribution in [-0.4, -0.2) is 47.8 Å². The summed E-state index contributed by atoms with van der Waals surface area (Å²) in [4.78, 5) is 29.6. The van der Waals surface area contributed by atoms with Crippen LogP contribution in [0.5, 0.6) is 0 Å². The fourth-order valence-corrected chi connectivity index (χ4v) is 3.68. The molecule has 27 heavy (non-hydrogen) atoms. The summed E-state index contributed by atoms with van der Waals surface area (Å²) in [6.07, 6.45) is 2.07. The number of hydrogen-bond donors (Lipinski definition) is 1. The molecule has 0 aromatic heterocycles. The van der Waals surface area contributed by atoms with Crippen LogP contribution in [0.25, 0.3) is 0 Å². The molecule has 0 bridgehead atoms. The molecule has 2 fully saturated rings. The van der Waals surface area contributed by atoms with Gasteiger partial charge in [-0.15, -0.1) is 0 Å². The quantitative estimate of drug-likeness (QED) is 0.889. The van der Waals surface area contributed by atoms with Gasteiger partial charge in [0.15, 0.2) is 0 Å². The molecule has 2 aliphatic rings. The molecule has 1 aliphatic heterocycles. The van der Waals surface area contributed by atoms with Crippen molar-refractivity contribution in [2.45, 2.75) is 18.9 Å². The summed E-state index contributed by atoms with van der Waals surface area (Å²) in [5, 5.41) is 3.04. The minimum Gasteiger partial charge on any atom is -0.340 e. The van der Waals surface area contributed by atoms with Gasteiger partial charge >= 0.3 is 0 Å². The topological polar surface area (TPSA) is 52.7 Å². The molecule has 1 saturated heterocycles. The first-order valence-electron chi connectivity index (χ1n) is 9.66. The summed E-state index contributed by atoms with van der Waals surface area (Å²) >= 11 is 0. The molecule has 140 valence electrons. The first-order valence-corrected chi connectivity index (χ1v) is 9.66. The SMILES string of the molecule is O=C(Nc1ccccc1)C(c1ccccc1)N1CCN(C(=O)C2CC2)CC1. The molecule has 1 heterocycles. The number of nitrogens with one attached hydrogen (secondary N) is 1. The zero-order chi connectivity index (χ0) is 18.6. The molecule has 2 aromatic rings. The Bertz CT molecular complexity index is 782. The largest absolute Gasteiger partial charge is 0.340 e. The second kappa shape index (κ2) is 7.92. The number of amides is 2. The molecule has 1 aliphatic carbocycles. The number of carbonyl (C=O) groups is 2. The Morgan fingerprint density at radius 3 is 2.04 bits per heavy atom. The number of para-hydroxylation sites is 1. The maximum absolute atomic E-state index is 13.1. The molecule has 1 N–H and O–H groups in total. The first kappa shape index (κ1) is 17.7. The Labute approximate surface area is 160 Å². The third-order valence-electron chi connectivity index (χ3n) is 5.32. The number of benzene rings is 2. The molecular weight excluding hydrogens is 338 g/mol. The highest BCUT2D eigenvalue weighted by atomic mass is 16.2. The summed E-state index contributed by atoms with van der Waals surface area (Å²) in [6.45, 7) is 2.80. The van der Waals surface area contributed by atoms with Gasteiger partial charge in [0.2, 0.25) is 11.8 Å². The van der Waals surface area contributed by atoms with Gasteiger partial charge in [0.05, 0.1) is 0 Å². The molecule has 5 nitrogen and oxygen atoms in total. The molecule has 1 unspecified atom stereocenters. The number of piperazine rings is 1. The summed E-state index contributed by atoms with van der Waals surface area (Å²) in [7, 11) is 0. The van der Waals surface area contributed by atoms with E-state index in [0.717, 1.165) is 24.1 Å².